The summed E-state index contributed by atoms with van der Waals surface area (Å²) in [5.74, 6) is 3.76. The van der Waals surface area contributed by atoms with Gasteiger partial charge in [-0.3, -0.25) is 4.57 Å². The summed E-state index contributed by atoms with van der Waals surface area (Å²) >= 11 is 6.36. The molecule has 172 valence electrons. The van der Waals surface area contributed by atoms with E-state index in [4.69, 9.17) is 31.3 Å². The third-order valence-electron chi connectivity index (χ3n) is 7.15. The van der Waals surface area contributed by atoms with E-state index in [2.05, 4.69) is 21.7 Å². The highest BCUT2D eigenvalue weighted by atomic mass is 35.5. The predicted molar refractivity (Wildman–Crippen MR) is 126 cm³/mol. The van der Waals surface area contributed by atoms with Gasteiger partial charge in [-0.1, -0.05) is 17.7 Å². The lowest BCUT2D eigenvalue weighted by molar-refractivity contribution is 0.0337. The average molecular weight is 465 g/mol. The number of halogens is 1. The molecule has 0 saturated heterocycles. The fourth-order valence-electron chi connectivity index (χ4n) is 5.14. The van der Waals surface area contributed by atoms with Crippen LogP contribution in [0.25, 0.3) is 5.69 Å². The van der Waals surface area contributed by atoms with E-state index in [0.717, 1.165) is 73.4 Å². The summed E-state index contributed by atoms with van der Waals surface area (Å²) in [6.07, 6.45) is 10.4. The molecule has 0 amide bonds. The van der Waals surface area contributed by atoms with Crippen LogP contribution in [0.3, 0.4) is 0 Å². The summed E-state index contributed by atoms with van der Waals surface area (Å²) in [5.41, 5.74) is 2.40. The van der Waals surface area contributed by atoms with Gasteiger partial charge in [0.2, 0.25) is 5.88 Å². The number of pyridine rings is 1. The van der Waals surface area contributed by atoms with Crippen molar-refractivity contribution >= 4 is 11.6 Å². The number of rotatable bonds is 6. The fourth-order valence-corrected chi connectivity index (χ4v) is 5.33. The summed E-state index contributed by atoms with van der Waals surface area (Å²) in [5, 5.41) is 10.2. The zero-order chi connectivity index (χ0) is 22.2. The minimum atomic E-state index is -0.0261. The molecule has 2 aromatic heterocycles. The van der Waals surface area contributed by atoms with Crippen LogP contribution in [0.15, 0.2) is 42.6 Å². The van der Waals surface area contributed by atoms with Crippen molar-refractivity contribution in [2.24, 2.45) is 5.92 Å². The Bertz CT molecular complexity index is 1110. The summed E-state index contributed by atoms with van der Waals surface area (Å²) in [4.78, 5) is 4.31. The van der Waals surface area contributed by atoms with E-state index in [0.29, 0.717) is 11.8 Å². The smallest absolute Gasteiger partial charge is 0.213 e. The van der Waals surface area contributed by atoms with Gasteiger partial charge in [0.05, 0.1) is 12.3 Å². The molecule has 6 nitrogen and oxygen atoms in total. The Labute approximate surface area is 199 Å². The number of aryl methyl sites for hydroxylation is 1. The molecule has 2 saturated carbocycles. The fraction of sp³-hybridized carbons (Fsp3) is 0.500. The third-order valence-corrected chi connectivity index (χ3v) is 7.39. The number of hydrogen-bond donors (Lipinski definition) is 0. The molecule has 1 unspecified atom stereocenters. The summed E-state index contributed by atoms with van der Waals surface area (Å²) in [7, 11) is 0. The first-order valence-corrected chi connectivity index (χ1v) is 12.6. The largest absolute Gasteiger partial charge is 0.474 e. The van der Waals surface area contributed by atoms with Crippen LogP contribution in [0.2, 0.25) is 5.02 Å². The first-order chi connectivity index (χ1) is 16.2. The van der Waals surface area contributed by atoms with E-state index in [9.17, 15) is 0 Å². The van der Waals surface area contributed by atoms with Gasteiger partial charge in [-0.25, -0.2) is 4.98 Å². The quantitative estimate of drug-likeness (QED) is 0.459. The molecule has 1 aliphatic heterocycles. The van der Waals surface area contributed by atoms with Gasteiger partial charge in [-0.05, 0) is 87.1 Å². The predicted octanol–water partition coefficient (Wildman–Crippen LogP) is 5.83. The molecular weight excluding hydrogens is 436 g/mol. The third kappa shape index (κ3) is 4.51. The molecule has 2 aliphatic carbocycles. The maximum atomic E-state index is 6.38. The topological polar surface area (TPSA) is 62.1 Å². The van der Waals surface area contributed by atoms with E-state index in [1.807, 2.05) is 24.3 Å². The Balaban J connectivity index is 1.25. The molecule has 1 aromatic carbocycles. The molecule has 7 heteroatoms. The molecule has 6 rings (SSSR count). The Morgan fingerprint density at radius 2 is 1.79 bits per heavy atom. The highest BCUT2D eigenvalue weighted by Crippen LogP contribution is 2.40. The van der Waals surface area contributed by atoms with Crippen molar-refractivity contribution < 1.29 is 9.47 Å². The minimum absolute atomic E-state index is 0.0261. The lowest BCUT2D eigenvalue weighted by Gasteiger charge is -2.28. The number of ether oxygens (including phenoxy) is 2. The second-order valence-corrected chi connectivity index (χ2v) is 10.0. The first-order valence-electron chi connectivity index (χ1n) is 12.2. The monoisotopic (exact) mass is 464 g/mol. The van der Waals surface area contributed by atoms with Crippen molar-refractivity contribution in [2.75, 3.05) is 6.61 Å². The molecule has 3 heterocycles. The van der Waals surface area contributed by atoms with Crippen molar-refractivity contribution in [1.82, 2.24) is 19.7 Å². The Morgan fingerprint density at radius 1 is 0.939 bits per heavy atom. The van der Waals surface area contributed by atoms with E-state index < -0.39 is 0 Å². The number of fused-ring (bicyclic) bond motifs is 3. The second kappa shape index (κ2) is 9.07. The van der Waals surface area contributed by atoms with E-state index in [1.54, 1.807) is 6.20 Å². The highest BCUT2D eigenvalue weighted by Gasteiger charge is 2.34. The van der Waals surface area contributed by atoms with Crippen LogP contribution >= 0.6 is 11.6 Å². The number of aromatic nitrogens is 4. The number of nitrogens with zero attached hydrogens (tertiary/aromatic N) is 4. The van der Waals surface area contributed by atoms with Gasteiger partial charge in [-0.15, -0.1) is 10.2 Å². The molecule has 3 aromatic rings. The van der Waals surface area contributed by atoms with Gasteiger partial charge in [0.15, 0.2) is 5.82 Å². The molecule has 1 atom stereocenters. The molecule has 0 spiro atoms. The minimum Gasteiger partial charge on any atom is -0.474 e. The Morgan fingerprint density at radius 3 is 2.58 bits per heavy atom. The van der Waals surface area contributed by atoms with Crippen LogP contribution in [-0.2, 0) is 11.2 Å². The summed E-state index contributed by atoms with van der Waals surface area (Å²) in [6, 6.07) is 12.0. The van der Waals surface area contributed by atoms with Crippen molar-refractivity contribution in [3.63, 3.8) is 0 Å². The van der Waals surface area contributed by atoms with Crippen LogP contribution < -0.4 is 4.74 Å². The summed E-state index contributed by atoms with van der Waals surface area (Å²) in [6.45, 7) is 0.819. The van der Waals surface area contributed by atoms with E-state index >= 15 is 0 Å². The first kappa shape index (κ1) is 21.1. The van der Waals surface area contributed by atoms with Gasteiger partial charge in [-0.2, -0.15) is 0 Å². The molecule has 0 N–H and O–H groups in total. The highest BCUT2D eigenvalue weighted by molar-refractivity contribution is 6.30. The van der Waals surface area contributed by atoms with E-state index in [1.165, 1.54) is 18.4 Å². The Hall–Kier alpha value is -2.44. The van der Waals surface area contributed by atoms with Crippen LogP contribution in [0.5, 0.6) is 5.88 Å². The van der Waals surface area contributed by atoms with Gasteiger partial charge in [0.1, 0.15) is 18.0 Å². The van der Waals surface area contributed by atoms with Gasteiger partial charge < -0.3 is 9.47 Å². The van der Waals surface area contributed by atoms with E-state index in [-0.39, 0.29) is 12.2 Å². The second-order valence-electron chi connectivity index (χ2n) is 9.59. The molecule has 3 aliphatic rings. The van der Waals surface area contributed by atoms with Crippen molar-refractivity contribution in [3.8, 4) is 11.6 Å². The van der Waals surface area contributed by atoms with Gasteiger partial charge in [0, 0.05) is 23.2 Å². The van der Waals surface area contributed by atoms with Crippen LogP contribution in [0, 0.1) is 5.92 Å². The average Bonchev–Trinajstić information content (AvgIpc) is 3.60. The van der Waals surface area contributed by atoms with Gasteiger partial charge in [0.25, 0.3) is 0 Å². The lowest BCUT2D eigenvalue weighted by Crippen LogP contribution is -2.25. The normalized spacial score (nSPS) is 24.6. The van der Waals surface area contributed by atoms with Crippen molar-refractivity contribution in [2.45, 2.75) is 69.5 Å². The molecule has 0 bridgehead atoms. The maximum Gasteiger partial charge on any atom is 0.213 e. The summed E-state index contributed by atoms with van der Waals surface area (Å²) < 4.78 is 14.8. The van der Waals surface area contributed by atoms with Crippen LogP contribution in [-0.4, -0.2) is 32.5 Å². The molecule has 0 radical (unpaired) electrons. The zero-order valence-electron chi connectivity index (χ0n) is 18.7. The molecule has 33 heavy (non-hydrogen) atoms. The number of hydrogen-bond acceptors (Lipinski definition) is 5. The Kier molecular flexibility index (Phi) is 5.80. The zero-order valence-corrected chi connectivity index (χ0v) is 19.5. The van der Waals surface area contributed by atoms with Crippen LogP contribution in [0.1, 0.15) is 74.2 Å². The number of benzene rings is 1. The van der Waals surface area contributed by atoms with Gasteiger partial charge >= 0.3 is 0 Å². The standard InChI is InChI=1S/C26H29ClN4O2/c27-20-9-12-22-19(15-20)8-13-23(32-16-17-4-5-17)26-30-29-25(31(22)26)18-6-10-21(11-7-18)33-24-3-1-2-14-28-24/h1-3,9,12,14-15,17-18,21,23H,4-8,10-11,13,16H2/t18-,21-,23?. The van der Waals surface area contributed by atoms with Crippen LogP contribution in [0.4, 0.5) is 0 Å². The SMILES string of the molecule is Clc1ccc2c(c1)CCC(OCC1CC1)c1nnc([C@H]3CC[C@H](Oc4ccccn4)CC3)n1-2. The molecular formula is C26H29ClN4O2. The van der Waals surface area contributed by atoms with Crippen molar-refractivity contribution in [1.29, 1.82) is 0 Å². The van der Waals surface area contributed by atoms with Crippen molar-refractivity contribution in [3.05, 3.63) is 64.8 Å². The maximum absolute atomic E-state index is 6.38. The lowest BCUT2D eigenvalue weighted by atomic mass is 9.86. The molecule has 2 fully saturated rings.